The molecule has 1 amide bonds. The van der Waals surface area contributed by atoms with Gasteiger partial charge >= 0.3 is 0 Å². The van der Waals surface area contributed by atoms with Crippen LogP contribution in [0.15, 0.2) is 65.1 Å². The van der Waals surface area contributed by atoms with Crippen LogP contribution in [0, 0.1) is 5.82 Å². The maximum absolute atomic E-state index is 13.7. The lowest BCUT2D eigenvalue weighted by molar-refractivity contribution is -0.115. The molecule has 0 aliphatic heterocycles. The second-order valence-corrected chi connectivity index (χ2v) is 8.81. The summed E-state index contributed by atoms with van der Waals surface area (Å²) in [6, 6.07) is 15.8. The van der Waals surface area contributed by atoms with Gasteiger partial charge in [-0.3, -0.25) is 4.79 Å². The van der Waals surface area contributed by atoms with Gasteiger partial charge in [0.05, 0.1) is 10.9 Å². The highest BCUT2D eigenvalue weighted by Gasteiger charge is 2.21. The van der Waals surface area contributed by atoms with Gasteiger partial charge in [-0.25, -0.2) is 14.1 Å². The summed E-state index contributed by atoms with van der Waals surface area (Å²) in [5.74, 6) is 5.71. The summed E-state index contributed by atoms with van der Waals surface area (Å²) >= 11 is 2.50. The van der Waals surface area contributed by atoms with Crippen LogP contribution in [0.5, 0.6) is 5.75 Å². The number of anilines is 1. The lowest BCUT2D eigenvalue weighted by Crippen LogP contribution is -2.24. The first kappa shape index (κ1) is 21.8. The first-order valence-corrected chi connectivity index (χ1v) is 11.3. The number of hydrogen-bond acceptors (Lipinski definition) is 8. The molecule has 3 N–H and O–H groups in total. The quantitative estimate of drug-likeness (QED) is 0.296. The van der Waals surface area contributed by atoms with Crippen LogP contribution in [0.2, 0.25) is 0 Å². The molecule has 0 aliphatic carbocycles. The second-order valence-electron chi connectivity index (χ2n) is 6.64. The number of thiazole rings is 1. The van der Waals surface area contributed by atoms with Gasteiger partial charge in [-0.15, -0.1) is 21.5 Å². The molecule has 0 saturated heterocycles. The predicted octanol–water partition coefficient (Wildman–Crippen LogP) is 3.95. The van der Waals surface area contributed by atoms with E-state index in [1.807, 2.05) is 35.7 Å². The van der Waals surface area contributed by atoms with Crippen molar-refractivity contribution in [3.05, 3.63) is 71.6 Å². The first-order valence-electron chi connectivity index (χ1n) is 9.56. The molecule has 0 unspecified atom stereocenters. The Bertz CT molecular complexity index is 1210. The number of para-hydroxylation sites is 1. The molecule has 2 heterocycles. The molecule has 2 aromatic carbocycles. The first-order chi connectivity index (χ1) is 15.5. The molecule has 1 atom stereocenters. The van der Waals surface area contributed by atoms with Gasteiger partial charge in [-0.2, -0.15) is 0 Å². The van der Waals surface area contributed by atoms with Crippen LogP contribution in [0.25, 0.3) is 11.3 Å². The van der Waals surface area contributed by atoms with Gasteiger partial charge in [0.2, 0.25) is 11.1 Å². The van der Waals surface area contributed by atoms with E-state index < -0.39 is 11.1 Å². The van der Waals surface area contributed by atoms with E-state index in [0.717, 1.165) is 23.0 Å². The number of thioether (sulfide) groups is 1. The molecule has 164 valence electrons. The van der Waals surface area contributed by atoms with Crippen LogP contribution in [-0.4, -0.2) is 31.0 Å². The number of amides is 1. The molecule has 4 rings (SSSR count). The highest BCUT2D eigenvalue weighted by atomic mass is 32.2. The fraction of sp³-hybridized carbons (Fsp3) is 0.143. The average Bonchev–Trinajstić information content (AvgIpc) is 3.41. The normalized spacial score (nSPS) is 11.8. The van der Waals surface area contributed by atoms with E-state index in [9.17, 15) is 9.18 Å². The molecule has 0 bridgehead atoms. The topological polar surface area (TPSA) is 108 Å². The number of nitrogen functional groups attached to an aromatic ring is 1. The summed E-state index contributed by atoms with van der Waals surface area (Å²) in [5.41, 5.74) is 1.78. The van der Waals surface area contributed by atoms with Crippen molar-refractivity contribution in [1.82, 2.24) is 19.9 Å². The number of ether oxygens (including phenoxy) is 1. The van der Waals surface area contributed by atoms with Crippen molar-refractivity contribution in [2.45, 2.75) is 23.9 Å². The molecule has 11 heteroatoms. The van der Waals surface area contributed by atoms with Crippen LogP contribution >= 0.6 is 23.1 Å². The third kappa shape index (κ3) is 5.06. The summed E-state index contributed by atoms with van der Waals surface area (Å²) in [6.07, 6.45) is 0. The smallest absolute Gasteiger partial charge is 0.239 e. The van der Waals surface area contributed by atoms with E-state index >= 15 is 0 Å². The number of hydrogen-bond donors (Lipinski definition) is 2. The zero-order chi connectivity index (χ0) is 22.5. The van der Waals surface area contributed by atoms with Crippen LogP contribution in [-0.2, 0) is 11.4 Å². The van der Waals surface area contributed by atoms with Crippen molar-refractivity contribution in [2.75, 3.05) is 11.2 Å². The molecule has 0 fully saturated rings. The van der Waals surface area contributed by atoms with Crippen molar-refractivity contribution in [2.24, 2.45) is 0 Å². The van der Waals surface area contributed by atoms with Gasteiger partial charge < -0.3 is 15.9 Å². The predicted molar refractivity (Wildman–Crippen MR) is 122 cm³/mol. The van der Waals surface area contributed by atoms with E-state index in [4.69, 9.17) is 10.6 Å². The Hall–Kier alpha value is -3.44. The molecule has 4 aromatic rings. The van der Waals surface area contributed by atoms with Crippen LogP contribution < -0.4 is 15.9 Å². The van der Waals surface area contributed by atoms with E-state index in [0.29, 0.717) is 16.1 Å². The van der Waals surface area contributed by atoms with Gasteiger partial charge in [0.25, 0.3) is 0 Å². The maximum Gasteiger partial charge on any atom is 0.239 e. The highest BCUT2D eigenvalue weighted by Crippen LogP contribution is 2.27. The number of rotatable bonds is 8. The number of carbonyl (C=O) groups excluding carboxylic acids is 1. The summed E-state index contributed by atoms with van der Waals surface area (Å²) in [4.78, 5) is 17.1. The number of nitrogens with two attached hydrogens (primary N) is 1. The number of halogens is 1. The van der Waals surface area contributed by atoms with Crippen molar-refractivity contribution in [3.63, 3.8) is 0 Å². The molecular formula is C21H19FN6O2S2. The third-order valence-electron chi connectivity index (χ3n) is 4.38. The fourth-order valence-electron chi connectivity index (χ4n) is 2.68. The van der Waals surface area contributed by atoms with Crippen molar-refractivity contribution in [3.8, 4) is 17.0 Å². The minimum absolute atomic E-state index is 0.0626. The zero-order valence-corrected chi connectivity index (χ0v) is 18.6. The standard InChI is InChI=1S/C21H19FN6O2S2/c1-13(19(29)25-20-24-16(12-31-20)14-7-3-2-4-8-14)32-21-27-26-18(28(21)23)11-30-17-10-6-5-9-15(17)22/h2-10,12-13H,11,23H2,1H3,(H,24,25,29)/t13-/m1/s1. The van der Waals surface area contributed by atoms with Gasteiger partial charge in [0, 0.05) is 10.9 Å². The molecular weight excluding hydrogens is 451 g/mol. The van der Waals surface area contributed by atoms with Gasteiger partial charge in [-0.05, 0) is 19.1 Å². The number of nitrogens with one attached hydrogen (secondary N) is 1. The van der Waals surface area contributed by atoms with Gasteiger partial charge in [0.1, 0.15) is 6.61 Å². The largest absolute Gasteiger partial charge is 0.482 e. The van der Waals surface area contributed by atoms with Crippen LogP contribution in [0.4, 0.5) is 9.52 Å². The highest BCUT2D eigenvalue weighted by molar-refractivity contribution is 8.00. The molecule has 0 spiro atoms. The Labute approximate surface area is 191 Å². The van der Waals surface area contributed by atoms with Gasteiger partial charge in [-0.1, -0.05) is 54.2 Å². The number of carbonyl (C=O) groups is 1. The van der Waals surface area contributed by atoms with Crippen molar-refractivity contribution in [1.29, 1.82) is 0 Å². The number of nitrogens with zero attached hydrogens (tertiary/aromatic N) is 4. The minimum Gasteiger partial charge on any atom is -0.482 e. The van der Waals surface area contributed by atoms with Crippen LogP contribution in [0.3, 0.4) is 0 Å². The van der Waals surface area contributed by atoms with E-state index in [-0.39, 0.29) is 18.3 Å². The average molecular weight is 471 g/mol. The molecule has 0 aliphatic rings. The summed E-state index contributed by atoms with van der Waals surface area (Å²) in [6.45, 7) is 1.67. The lowest BCUT2D eigenvalue weighted by Gasteiger charge is -2.10. The van der Waals surface area contributed by atoms with E-state index in [1.54, 1.807) is 19.1 Å². The molecule has 0 radical (unpaired) electrons. The Kier molecular flexibility index (Phi) is 6.66. The minimum atomic E-state index is -0.508. The van der Waals surface area contributed by atoms with E-state index in [1.165, 1.54) is 28.1 Å². The fourth-order valence-corrected chi connectivity index (χ4v) is 4.19. The molecule has 2 aromatic heterocycles. The summed E-state index contributed by atoms with van der Waals surface area (Å²) in [7, 11) is 0. The Morgan fingerprint density at radius 1 is 1.22 bits per heavy atom. The Morgan fingerprint density at radius 3 is 2.75 bits per heavy atom. The Balaban J connectivity index is 1.34. The summed E-state index contributed by atoms with van der Waals surface area (Å²) < 4.78 is 20.3. The van der Waals surface area contributed by atoms with Crippen LogP contribution in [0.1, 0.15) is 12.7 Å². The molecule has 0 saturated carbocycles. The van der Waals surface area contributed by atoms with Crippen molar-refractivity contribution < 1.29 is 13.9 Å². The van der Waals surface area contributed by atoms with Crippen molar-refractivity contribution >= 4 is 34.1 Å². The van der Waals surface area contributed by atoms with Gasteiger partial charge in [0.15, 0.2) is 22.5 Å². The van der Waals surface area contributed by atoms with E-state index in [2.05, 4.69) is 20.5 Å². The monoisotopic (exact) mass is 470 g/mol. The number of benzene rings is 2. The molecule has 32 heavy (non-hydrogen) atoms. The lowest BCUT2D eigenvalue weighted by atomic mass is 10.2. The summed E-state index contributed by atoms with van der Waals surface area (Å²) in [5, 5.41) is 13.0. The zero-order valence-electron chi connectivity index (χ0n) is 16.9. The second kappa shape index (κ2) is 9.79. The maximum atomic E-state index is 13.7. The number of aromatic nitrogens is 4. The third-order valence-corrected chi connectivity index (χ3v) is 6.20. The Morgan fingerprint density at radius 2 is 1.97 bits per heavy atom. The SMILES string of the molecule is C[C@@H](Sc1nnc(COc2ccccc2F)n1N)C(=O)Nc1nc(-c2ccccc2)cs1. The molecule has 8 nitrogen and oxygen atoms in total.